The molecule has 4 rings (SSSR count). The average molecular weight is 457 g/mol. The van der Waals surface area contributed by atoms with Crippen molar-refractivity contribution in [3.8, 4) is 22.5 Å². The van der Waals surface area contributed by atoms with Crippen LogP contribution in [-0.2, 0) is 17.8 Å². The highest BCUT2D eigenvalue weighted by Gasteiger charge is 2.17. The number of aromatic amines is 1. The van der Waals surface area contributed by atoms with Crippen LogP contribution >= 0.6 is 0 Å². The van der Waals surface area contributed by atoms with Crippen molar-refractivity contribution in [2.75, 3.05) is 11.4 Å². The van der Waals surface area contributed by atoms with E-state index in [0.717, 1.165) is 53.0 Å². The number of carbonyl (C=O) groups excluding carboxylic acids is 1. The third kappa shape index (κ3) is 5.43. The molecule has 4 aromatic rings. The number of rotatable bonds is 10. The molecule has 0 aliphatic carbocycles. The monoisotopic (exact) mass is 456 g/mol. The molecule has 0 unspecified atom stereocenters. The number of nitrogens with one attached hydrogen (secondary N) is 1. The minimum absolute atomic E-state index is 0.115. The van der Waals surface area contributed by atoms with Gasteiger partial charge in [-0.15, -0.1) is 10.2 Å². The van der Waals surface area contributed by atoms with Gasteiger partial charge in [0.15, 0.2) is 0 Å². The van der Waals surface area contributed by atoms with E-state index < -0.39 is 5.91 Å². The first-order valence-corrected chi connectivity index (χ1v) is 11.3. The van der Waals surface area contributed by atoms with E-state index in [1.165, 1.54) is 0 Å². The number of aromatic nitrogens is 6. The smallest absolute Gasteiger partial charge is 0.222 e. The Bertz CT molecular complexity index is 1240. The van der Waals surface area contributed by atoms with Gasteiger partial charge in [-0.2, -0.15) is 5.21 Å². The van der Waals surface area contributed by atoms with E-state index >= 15 is 0 Å². The molecule has 0 atom stereocenters. The largest absolute Gasteiger partial charge is 0.369 e. The molecule has 2 aromatic carbocycles. The van der Waals surface area contributed by atoms with E-state index in [-0.39, 0.29) is 6.42 Å². The second-order valence-electron chi connectivity index (χ2n) is 8.16. The first-order valence-electron chi connectivity index (χ1n) is 11.3. The standard InChI is InChI=1S/C25H28N8O/c1-3-4-13-33(25-20(14-23(26)34)15-27-17(2)28-25)16-18-9-11-19(12-10-18)21-7-5-6-8-22(21)24-29-31-32-30-24/h5-12,15H,3-4,13-14,16H2,1-2H3,(H2,26,34)(H,29,30,31,32). The number of aryl methyl sites for hydroxylation is 1. The summed E-state index contributed by atoms with van der Waals surface area (Å²) >= 11 is 0. The predicted molar refractivity (Wildman–Crippen MR) is 131 cm³/mol. The van der Waals surface area contributed by atoms with Gasteiger partial charge in [-0.05, 0) is 35.2 Å². The lowest BCUT2D eigenvalue weighted by atomic mass is 9.98. The Morgan fingerprint density at radius 2 is 1.85 bits per heavy atom. The predicted octanol–water partition coefficient (Wildman–Crippen LogP) is 3.47. The van der Waals surface area contributed by atoms with Gasteiger partial charge in [0.1, 0.15) is 11.6 Å². The number of tetrazole rings is 1. The maximum Gasteiger partial charge on any atom is 0.222 e. The Kier molecular flexibility index (Phi) is 7.22. The van der Waals surface area contributed by atoms with Gasteiger partial charge in [0.2, 0.25) is 11.7 Å². The molecule has 3 N–H and O–H groups in total. The Labute approximate surface area is 198 Å². The Hall–Kier alpha value is -4.14. The maximum absolute atomic E-state index is 11.6. The molecule has 9 heteroatoms. The van der Waals surface area contributed by atoms with E-state index in [0.29, 0.717) is 18.2 Å². The average Bonchev–Trinajstić information content (AvgIpc) is 3.38. The number of nitrogens with two attached hydrogens (primary N) is 1. The second kappa shape index (κ2) is 10.7. The van der Waals surface area contributed by atoms with E-state index in [2.05, 4.69) is 66.7 Å². The number of anilines is 1. The van der Waals surface area contributed by atoms with Gasteiger partial charge in [-0.25, -0.2) is 9.97 Å². The molecule has 0 spiro atoms. The van der Waals surface area contributed by atoms with Crippen molar-refractivity contribution in [3.63, 3.8) is 0 Å². The van der Waals surface area contributed by atoms with Crippen molar-refractivity contribution in [2.24, 2.45) is 5.73 Å². The van der Waals surface area contributed by atoms with Crippen molar-refractivity contribution in [3.05, 3.63) is 71.7 Å². The summed E-state index contributed by atoms with van der Waals surface area (Å²) in [5.41, 5.74) is 10.4. The number of H-pyrrole nitrogens is 1. The number of hydrogen-bond donors (Lipinski definition) is 2. The molecule has 0 aliphatic rings. The number of hydrogen-bond acceptors (Lipinski definition) is 7. The van der Waals surface area contributed by atoms with Crippen molar-refractivity contribution in [1.29, 1.82) is 0 Å². The van der Waals surface area contributed by atoms with Crippen LogP contribution in [0.25, 0.3) is 22.5 Å². The van der Waals surface area contributed by atoms with Gasteiger partial charge >= 0.3 is 0 Å². The summed E-state index contributed by atoms with van der Waals surface area (Å²) < 4.78 is 0. The second-order valence-corrected chi connectivity index (χ2v) is 8.16. The van der Waals surface area contributed by atoms with E-state index in [1.54, 1.807) is 6.20 Å². The number of unbranched alkanes of at least 4 members (excludes halogenated alkanes) is 1. The van der Waals surface area contributed by atoms with Crippen LogP contribution in [0.2, 0.25) is 0 Å². The van der Waals surface area contributed by atoms with Gasteiger partial charge in [-0.3, -0.25) is 4.79 Å². The molecule has 0 bridgehead atoms. The van der Waals surface area contributed by atoms with Gasteiger partial charge in [0.25, 0.3) is 0 Å². The fourth-order valence-electron chi connectivity index (χ4n) is 3.89. The van der Waals surface area contributed by atoms with E-state index in [9.17, 15) is 4.79 Å². The normalized spacial score (nSPS) is 10.9. The van der Waals surface area contributed by atoms with Crippen LogP contribution in [0.4, 0.5) is 5.82 Å². The van der Waals surface area contributed by atoms with Gasteiger partial charge in [0, 0.05) is 30.4 Å². The first-order chi connectivity index (χ1) is 16.5. The van der Waals surface area contributed by atoms with Crippen molar-refractivity contribution < 1.29 is 4.79 Å². The Balaban J connectivity index is 1.62. The van der Waals surface area contributed by atoms with E-state index in [1.807, 2.05) is 31.2 Å². The van der Waals surface area contributed by atoms with Crippen molar-refractivity contribution in [2.45, 2.75) is 39.7 Å². The van der Waals surface area contributed by atoms with Crippen LogP contribution in [0.3, 0.4) is 0 Å². The summed E-state index contributed by atoms with van der Waals surface area (Å²) in [6.45, 7) is 5.49. The highest BCUT2D eigenvalue weighted by atomic mass is 16.1. The molecule has 34 heavy (non-hydrogen) atoms. The SMILES string of the molecule is CCCCN(Cc1ccc(-c2ccccc2-c2nn[nH]n2)cc1)c1nc(C)ncc1CC(N)=O. The Morgan fingerprint density at radius 1 is 1.09 bits per heavy atom. The third-order valence-corrected chi connectivity index (χ3v) is 5.56. The van der Waals surface area contributed by atoms with Crippen LogP contribution < -0.4 is 10.6 Å². The summed E-state index contributed by atoms with van der Waals surface area (Å²) in [5, 5.41) is 14.5. The highest BCUT2D eigenvalue weighted by Crippen LogP contribution is 2.30. The molecule has 0 saturated heterocycles. The number of primary amides is 1. The third-order valence-electron chi connectivity index (χ3n) is 5.56. The van der Waals surface area contributed by atoms with E-state index in [4.69, 9.17) is 5.73 Å². The van der Waals surface area contributed by atoms with Crippen LogP contribution in [-0.4, -0.2) is 43.0 Å². The highest BCUT2D eigenvalue weighted by molar-refractivity contribution is 5.80. The van der Waals surface area contributed by atoms with Crippen LogP contribution in [0.1, 0.15) is 36.7 Å². The van der Waals surface area contributed by atoms with Crippen molar-refractivity contribution >= 4 is 11.7 Å². The maximum atomic E-state index is 11.6. The van der Waals surface area contributed by atoms with Crippen LogP contribution in [0.15, 0.2) is 54.7 Å². The molecule has 9 nitrogen and oxygen atoms in total. The van der Waals surface area contributed by atoms with Gasteiger partial charge in [-0.1, -0.05) is 61.9 Å². The molecule has 0 fully saturated rings. The molecular weight excluding hydrogens is 428 g/mol. The number of carbonyl (C=O) groups is 1. The molecule has 174 valence electrons. The summed E-state index contributed by atoms with van der Waals surface area (Å²) in [4.78, 5) is 22.8. The zero-order valence-corrected chi connectivity index (χ0v) is 19.4. The first kappa shape index (κ1) is 23.0. The molecule has 2 heterocycles. The molecular formula is C25H28N8O. The summed E-state index contributed by atoms with van der Waals surface area (Å²) in [6.07, 6.45) is 3.89. The lowest BCUT2D eigenvalue weighted by Crippen LogP contribution is -2.27. The minimum atomic E-state index is -0.395. The number of amides is 1. The summed E-state index contributed by atoms with van der Waals surface area (Å²) in [6, 6.07) is 16.4. The lowest BCUT2D eigenvalue weighted by Gasteiger charge is -2.26. The number of benzene rings is 2. The molecule has 0 aliphatic heterocycles. The zero-order valence-electron chi connectivity index (χ0n) is 19.4. The summed E-state index contributed by atoms with van der Waals surface area (Å²) in [5.74, 6) is 1.60. The van der Waals surface area contributed by atoms with Crippen LogP contribution in [0, 0.1) is 6.92 Å². The minimum Gasteiger partial charge on any atom is -0.369 e. The molecule has 1 amide bonds. The zero-order chi connectivity index (χ0) is 23.9. The quantitative estimate of drug-likeness (QED) is 0.374. The topological polar surface area (TPSA) is 127 Å². The Morgan fingerprint density at radius 3 is 2.53 bits per heavy atom. The van der Waals surface area contributed by atoms with Gasteiger partial charge in [0.05, 0.1) is 6.42 Å². The van der Waals surface area contributed by atoms with Crippen molar-refractivity contribution in [1.82, 2.24) is 30.6 Å². The summed E-state index contributed by atoms with van der Waals surface area (Å²) in [7, 11) is 0. The van der Waals surface area contributed by atoms with Gasteiger partial charge < -0.3 is 10.6 Å². The van der Waals surface area contributed by atoms with Crippen LogP contribution in [0.5, 0.6) is 0 Å². The molecule has 0 saturated carbocycles. The molecule has 0 radical (unpaired) electrons. The fraction of sp³-hybridized carbons (Fsp3) is 0.280. The molecule has 2 aromatic heterocycles. The number of nitrogens with zero attached hydrogens (tertiary/aromatic N) is 6. The lowest BCUT2D eigenvalue weighted by molar-refractivity contribution is -0.117. The fourth-order valence-corrected chi connectivity index (χ4v) is 3.89.